The van der Waals surface area contributed by atoms with Crippen molar-refractivity contribution < 1.29 is 4.79 Å². The number of allylic oxidation sites excluding steroid dienone is 1. The first-order chi connectivity index (χ1) is 11.9. The van der Waals surface area contributed by atoms with Crippen LogP contribution >= 0.6 is 11.3 Å². The van der Waals surface area contributed by atoms with Crippen molar-refractivity contribution in [2.45, 2.75) is 18.9 Å². The topological polar surface area (TPSA) is 84.7 Å². The average Bonchev–Trinajstić information content (AvgIpc) is 3.08. The number of aliphatic imine (C=N–C) groups is 1. The summed E-state index contributed by atoms with van der Waals surface area (Å²) in [5, 5.41) is 2.06. The molecule has 2 aromatic rings. The van der Waals surface area contributed by atoms with E-state index in [0.717, 1.165) is 21.7 Å². The quantitative estimate of drug-likeness (QED) is 0.653. The number of guanidine groups is 1. The van der Waals surface area contributed by atoms with Crippen molar-refractivity contribution in [2.24, 2.45) is 16.6 Å². The maximum atomic E-state index is 12.7. The van der Waals surface area contributed by atoms with Crippen LogP contribution in [0, 0.1) is 5.92 Å². The summed E-state index contributed by atoms with van der Waals surface area (Å²) in [4.78, 5) is 19.8. The van der Waals surface area contributed by atoms with Crippen molar-refractivity contribution in [3.05, 3.63) is 53.2 Å². The highest BCUT2D eigenvalue weighted by molar-refractivity contribution is 7.10. The van der Waals surface area contributed by atoms with Crippen LogP contribution in [0.25, 0.3) is 11.1 Å². The van der Waals surface area contributed by atoms with Gasteiger partial charge in [0, 0.05) is 17.6 Å². The van der Waals surface area contributed by atoms with Gasteiger partial charge >= 0.3 is 0 Å². The van der Waals surface area contributed by atoms with Gasteiger partial charge in [0.1, 0.15) is 5.54 Å². The number of nitrogen functional groups attached to an aromatic ring is 1. The second-order valence-electron chi connectivity index (χ2n) is 6.42. The Kier molecular flexibility index (Phi) is 4.39. The summed E-state index contributed by atoms with van der Waals surface area (Å²) in [6.45, 7) is 5.76. The number of anilines is 1. The number of hydrogen-bond acceptors (Lipinski definition) is 5. The normalized spacial score (nSPS) is 23.4. The molecule has 0 unspecified atom stereocenters. The molecule has 4 N–H and O–H groups in total. The summed E-state index contributed by atoms with van der Waals surface area (Å²) in [6.07, 6.45) is 2.31. The van der Waals surface area contributed by atoms with Crippen molar-refractivity contribution in [3.63, 3.8) is 0 Å². The molecule has 25 heavy (non-hydrogen) atoms. The van der Waals surface area contributed by atoms with E-state index in [4.69, 9.17) is 11.5 Å². The molecule has 5 nitrogen and oxygen atoms in total. The molecule has 1 aliphatic rings. The molecule has 1 aromatic heterocycles. The minimum atomic E-state index is -0.703. The van der Waals surface area contributed by atoms with E-state index in [1.165, 1.54) is 4.90 Å². The summed E-state index contributed by atoms with van der Waals surface area (Å²) in [6, 6.07) is 9.82. The Balaban J connectivity index is 2.07. The van der Waals surface area contributed by atoms with Crippen LogP contribution in [-0.2, 0) is 10.3 Å². The van der Waals surface area contributed by atoms with Crippen LogP contribution in [0.5, 0.6) is 0 Å². The van der Waals surface area contributed by atoms with Gasteiger partial charge in [0.15, 0.2) is 5.96 Å². The van der Waals surface area contributed by atoms with Gasteiger partial charge in [-0.3, -0.25) is 9.69 Å². The number of nitrogens with two attached hydrogens (primary N) is 2. The largest absolute Gasteiger partial charge is 0.399 e. The van der Waals surface area contributed by atoms with Crippen LogP contribution in [0.2, 0.25) is 0 Å². The van der Waals surface area contributed by atoms with Crippen LogP contribution in [0.4, 0.5) is 5.69 Å². The third-order valence-electron chi connectivity index (χ3n) is 4.72. The fourth-order valence-corrected chi connectivity index (χ4v) is 4.25. The van der Waals surface area contributed by atoms with Crippen LogP contribution in [0.1, 0.15) is 18.2 Å². The van der Waals surface area contributed by atoms with E-state index in [9.17, 15) is 4.79 Å². The maximum Gasteiger partial charge on any atom is 0.235 e. The van der Waals surface area contributed by atoms with Crippen molar-refractivity contribution in [1.29, 1.82) is 0 Å². The highest BCUT2D eigenvalue weighted by Gasteiger charge is 2.46. The molecule has 1 amide bonds. The van der Waals surface area contributed by atoms with Crippen LogP contribution in [-0.4, -0.2) is 23.8 Å². The molecule has 0 fully saturated rings. The Morgan fingerprint density at radius 1 is 1.36 bits per heavy atom. The number of carbonyl (C=O) groups excluding carboxylic acids is 1. The Bertz CT molecular complexity index is 857. The molecular weight excluding hydrogens is 332 g/mol. The molecule has 130 valence electrons. The summed E-state index contributed by atoms with van der Waals surface area (Å²) in [5.41, 5.74) is 14.0. The monoisotopic (exact) mass is 354 g/mol. The predicted octanol–water partition coefficient (Wildman–Crippen LogP) is 3.19. The fraction of sp³-hybridized carbons (Fsp3) is 0.263. The number of benzene rings is 1. The third kappa shape index (κ3) is 2.93. The molecule has 0 radical (unpaired) electrons. The molecule has 3 rings (SSSR count). The lowest BCUT2D eigenvalue weighted by Gasteiger charge is -2.39. The lowest BCUT2D eigenvalue weighted by atomic mass is 9.80. The van der Waals surface area contributed by atoms with Crippen LogP contribution in [0.15, 0.2) is 53.4 Å². The van der Waals surface area contributed by atoms with Gasteiger partial charge in [-0.25, -0.2) is 4.99 Å². The molecule has 1 aliphatic heterocycles. The SMILES string of the molecule is C=CC[C@H]1C(=O)N(C)C(N)=N[C@]1(C)c1cc(-c2cccc(N)c2)cs1. The lowest BCUT2D eigenvalue weighted by Crippen LogP contribution is -2.53. The van der Waals surface area contributed by atoms with Gasteiger partial charge in [-0.15, -0.1) is 17.9 Å². The van der Waals surface area contributed by atoms with Crippen LogP contribution < -0.4 is 11.5 Å². The van der Waals surface area contributed by atoms with Crippen molar-refractivity contribution in [2.75, 3.05) is 12.8 Å². The highest BCUT2D eigenvalue weighted by Crippen LogP contribution is 2.43. The maximum absolute atomic E-state index is 12.7. The van der Waals surface area contributed by atoms with E-state index in [0.29, 0.717) is 6.42 Å². The molecule has 1 aromatic carbocycles. The first-order valence-electron chi connectivity index (χ1n) is 8.05. The van der Waals surface area contributed by atoms with E-state index >= 15 is 0 Å². The zero-order chi connectivity index (χ0) is 18.2. The Morgan fingerprint density at radius 2 is 2.12 bits per heavy atom. The lowest BCUT2D eigenvalue weighted by molar-refractivity contribution is -0.133. The van der Waals surface area contributed by atoms with E-state index < -0.39 is 5.54 Å². The minimum Gasteiger partial charge on any atom is -0.399 e. The molecule has 6 heteroatoms. The summed E-state index contributed by atoms with van der Waals surface area (Å²) in [5.74, 6) is -0.116. The summed E-state index contributed by atoms with van der Waals surface area (Å²) in [7, 11) is 1.66. The highest BCUT2D eigenvalue weighted by atomic mass is 32.1. The number of carbonyl (C=O) groups is 1. The van der Waals surface area contributed by atoms with Gasteiger partial charge in [-0.1, -0.05) is 18.2 Å². The number of nitrogens with zero attached hydrogens (tertiary/aromatic N) is 2. The van der Waals surface area contributed by atoms with E-state index in [1.807, 2.05) is 31.2 Å². The third-order valence-corrected chi connectivity index (χ3v) is 5.88. The second kappa shape index (κ2) is 6.37. The number of thiophene rings is 1. The molecule has 0 aliphatic carbocycles. The van der Waals surface area contributed by atoms with Gasteiger partial charge in [0.05, 0.1) is 5.92 Å². The standard InChI is InChI=1S/C19H22N4OS/c1-4-6-15-17(24)23(3)18(21)22-19(15,2)16-10-13(11-25-16)12-7-5-8-14(20)9-12/h4-5,7-11,15H,1,6,20H2,2-3H3,(H2,21,22)/t15-,19-/m0/s1. The second-order valence-corrected chi connectivity index (χ2v) is 7.33. The van der Waals surface area contributed by atoms with Gasteiger partial charge in [0.2, 0.25) is 5.91 Å². The first-order valence-corrected chi connectivity index (χ1v) is 8.93. The Labute approximate surface area is 151 Å². The Hall–Kier alpha value is -2.60. The van der Waals surface area contributed by atoms with Gasteiger partial charge < -0.3 is 11.5 Å². The van der Waals surface area contributed by atoms with Gasteiger partial charge in [0.25, 0.3) is 0 Å². The Morgan fingerprint density at radius 3 is 2.80 bits per heavy atom. The first kappa shape index (κ1) is 17.2. The predicted molar refractivity (Wildman–Crippen MR) is 104 cm³/mol. The van der Waals surface area contributed by atoms with E-state index in [1.54, 1.807) is 24.5 Å². The van der Waals surface area contributed by atoms with E-state index in [-0.39, 0.29) is 17.8 Å². The average molecular weight is 354 g/mol. The molecule has 2 heterocycles. The van der Waals surface area contributed by atoms with Gasteiger partial charge in [-0.2, -0.15) is 0 Å². The van der Waals surface area contributed by atoms with Crippen molar-refractivity contribution in [3.8, 4) is 11.1 Å². The number of amides is 1. The molecule has 0 saturated carbocycles. The molecule has 0 bridgehead atoms. The zero-order valence-electron chi connectivity index (χ0n) is 14.4. The number of hydrogen-bond donors (Lipinski definition) is 2. The fourth-order valence-electron chi connectivity index (χ4n) is 3.17. The molecule has 0 spiro atoms. The molecular formula is C19H22N4OS. The smallest absolute Gasteiger partial charge is 0.235 e. The molecule has 0 saturated heterocycles. The van der Waals surface area contributed by atoms with Crippen LogP contribution in [0.3, 0.4) is 0 Å². The molecule has 2 atom stereocenters. The zero-order valence-corrected chi connectivity index (χ0v) is 15.2. The number of rotatable bonds is 4. The minimum absolute atomic E-state index is 0.0335. The van der Waals surface area contributed by atoms with Gasteiger partial charge in [-0.05, 0) is 48.1 Å². The van der Waals surface area contributed by atoms with E-state index in [2.05, 4.69) is 23.0 Å². The van der Waals surface area contributed by atoms with Crippen molar-refractivity contribution in [1.82, 2.24) is 4.90 Å². The summed E-state index contributed by atoms with van der Waals surface area (Å²) < 4.78 is 0. The summed E-state index contributed by atoms with van der Waals surface area (Å²) >= 11 is 1.58. The van der Waals surface area contributed by atoms with Crippen molar-refractivity contribution >= 4 is 28.9 Å².